The second-order valence-electron chi connectivity index (χ2n) is 4.67. The number of aryl methyl sites for hydroxylation is 1. The first-order valence-electron chi connectivity index (χ1n) is 6.21. The zero-order valence-electron chi connectivity index (χ0n) is 10.7. The van der Waals surface area contributed by atoms with Crippen molar-refractivity contribution >= 4 is 10.9 Å². The van der Waals surface area contributed by atoms with Crippen LogP contribution >= 0.6 is 0 Å². The number of hydrogen-bond acceptors (Lipinski definition) is 2. The van der Waals surface area contributed by atoms with Gasteiger partial charge in [0.1, 0.15) is 18.1 Å². The number of ether oxygens (including phenoxy) is 1. The molecule has 0 fully saturated rings. The van der Waals surface area contributed by atoms with Crippen LogP contribution in [0.5, 0.6) is 11.5 Å². The second-order valence-corrected chi connectivity index (χ2v) is 4.67. The predicted molar refractivity (Wildman–Crippen MR) is 75.5 cm³/mol. The van der Waals surface area contributed by atoms with E-state index in [-0.39, 0.29) is 5.75 Å². The zero-order valence-corrected chi connectivity index (χ0v) is 10.7. The summed E-state index contributed by atoms with van der Waals surface area (Å²) in [6.45, 7) is 2.56. The van der Waals surface area contributed by atoms with E-state index in [1.807, 2.05) is 0 Å². The van der Waals surface area contributed by atoms with Crippen LogP contribution in [0.15, 0.2) is 48.5 Å². The molecule has 2 aromatic carbocycles. The SMILES string of the molecule is Cc1ccc2cc(COc3ccc(O)cc3)[nH]c2c1. The number of aromatic nitrogens is 1. The van der Waals surface area contributed by atoms with Crippen LogP contribution in [0.1, 0.15) is 11.3 Å². The standard InChI is InChI=1S/C16H15NO2/c1-11-2-3-12-9-13(17-16(12)8-11)10-19-15-6-4-14(18)5-7-15/h2-9,17-18H,10H2,1H3. The van der Waals surface area contributed by atoms with E-state index in [1.54, 1.807) is 24.3 Å². The molecule has 0 radical (unpaired) electrons. The van der Waals surface area contributed by atoms with Gasteiger partial charge in [-0.05, 0) is 54.3 Å². The molecule has 0 aliphatic heterocycles. The summed E-state index contributed by atoms with van der Waals surface area (Å²) in [5.41, 5.74) is 3.40. The summed E-state index contributed by atoms with van der Waals surface area (Å²) < 4.78 is 5.66. The van der Waals surface area contributed by atoms with Gasteiger partial charge in [-0.1, -0.05) is 12.1 Å². The van der Waals surface area contributed by atoms with E-state index in [0.29, 0.717) is 6.61 Å². The first-order chi connectivity index (χ1) is 9.20. The lowest BCUT2D eigenvalue weighted by Crippen LogP contribution is -1.94. The summed E-state index contributed by atoms with van der Waals surface area (Å²) in [5, 5.41) is 10.4. The van der Waals surface area contributed by atoms with Crippen molar-refractivity contribution in [1.29, 1.82) is 0 Å². The number of phenolic OH excluding ortho intramolecular Hbond substituents is 1. The molecule has 0 saturated heterocycles. The lowest BCUT2D eigenvalue weighted by Gasteiger charge is -2.04. The summed E-state index contributed by atoms with van der Waals surface area (Å²) in [4.78, 5) is 3.34. The highest BCUT2D eigenvalue weighted by Crippen LogP contribution is 2.20. The Labute approximate surface area is 111 Å². The molecule has 0 spiro atoms. The molecule has 0 bridgehead atoms. The highest BCUT2D eigenvalue weighted by atomic mass is 16.5. The molecule has 2 N–H and O–H groups in total. The molecule has 0 amide bonds. The van der Waals surface area contributed by atoms with E-state index in [2.05, 4.69) is 36.2 Å². The lowest BCUT2D eigenvalue weighted by atomic mass is 10.2. The van der Waals surface area contributed by atoms with E-state index in [4.69, 9.17) is 4.74 Å². The van der Waals surface area contributed by atoms with E-state index in [9.17, 15) is 5.11 Å². The molecule has 1 aromatic heterocycles. The number of hydrogen-bond donors (Lipinski definition) is 2. The Morgan fingerprint density at radius 3 is 2.63 bits per heavy atom. The van der Waals surface area contributed by atoms with Crippen molar-refractivity contribution in [3.8, 4) is 11.5 Å². The van der Waals surface area contributed by atoms with Crippen molar-refractivity contribution in [3.05, 3.63) is 59.8 Å². The van der Waals surface area contributed by atoms with Gasteiger partial charge in [-0.25, -0.2) is 0 Å². The van der Waals surface area contributed by atoms with Gasteiger partial charge < -0.3 is 14.8 Å². The third-order valence-corrected chi connectivity index (χ3v) is 3.06. The first kappa shape index (κ1) is 11.7. The number of phenols is 1. The summed E-state index contributed by atoms with van der Waals surface area (Å²) in [5.74, 6) is 0.987. The smallest absolute Gasteiger partial charge is 0.128 e. The molecule has 0 aliphatic rings. The molecule has 3 aromatic rings. The number of fused-ring (bicyclic) bond motifs is 1. The van der Waals surface area contributed by atoms with Gasteiger partial charge in [0.05, 0.1) is 5.69 Å². The normalized spacial score (nSPS) is 10.8. The van der Waals surface area contributed by atoms with Gasteiger partial charge in [0.15, 0.2) is 0 Å². The first-order valence-corrected chi connectivity index (χ1v) is 6.21. The van der Waals surface area contributed by atoms with Crippen molar-refractivity contribution in [2.45, 2.75) is 13.5 Å². The molecule has 3 heteroatoms. The van der Waals surface area contributed by atoms with Crippen molar-refractivity contribution in [1.82, 2.24) is 4.98 Å². The minimum atomic E-state index is 0.244. The Kier molecular flexibility index (Phi) is 2.88. The van der Waals surface area contributed by atoms with E-state index in [1.165, 1.54) is 10.9 Å². The van der Waals surface area contributed by atoms with Crippen LogP contribution in [-0.2, 0) is 6.61 Å². The third-order valence-electron chi connectivity index (χ3n) is 3.06. The molecule has 96 valence electrons. The van der Waals surface area contributed by atoms with E-state index in [0.717, 1.165) is 17.0 Å². The fraction of sp³-hybridized carbons (Fsp3) is 0.125. The third kappa shape index (κ3) is 2.55. The average molecular weight is 253 g/mol. The van der Waals surface area contributed by atoms with Gasteiger partial charge in [-0.3, -0.25) is 0 Å². The number of benzene rings is 2. The summed E-state index contributed by atoms with van der Waals surface area (Å²) in [6.07, 6.45) is 0. The molecule has 0 saturated carbocycles. The minimum Gasteiger partial charge on any atom is -0.508 e. The quantitative estimate of drug-likeness (QED) is 0.746. The molecule has 3 nitrogen and oxygen atoms in total. The Hall–Kier alpha value is -2.42. The topological polar surface area (TPSA) is 45.2 Å². The molecular weight excluding hydrogens is 238 g/mol. The molecular formula is C16H15NO2. The largest absolute Gasteiger partial charge is 0.508 e. The Bertz CT molecular complexity index is 698. The van der Waals surface area contributed by atoms with Crippen LogP contribution in [0, 0.1) is 6.92 Å². The lowest BCUT2D eigenvalue weighted by molar-refractivity contribution is 0.302. The Morgan fingerprint density at radius 1 is 1.05 bits per heavy atom. The van der Waals surface area contributed by atoms with Crippen molar-refractivity contribution in [2.75, 3.05) is 0 Å². The summed E-state index contributed by atoms with van der Waals surface area (Å²) in [6, 6.07) is 15.2. The van der Waals surface area contributed by atoms with Crippen LogP contribution in [0.2, 0.25) is 0 Å². The van der Waals surface area contributed by atoms with Crippen LogP contribution in [0.4, 0.5) is 0 Å². The molecule has 0 atom stereocenters. The predicted octanol–water partition coefficient (Wildman–Crippen LogP) is 3.76. The van der Waals surface area contributed by atoms with Crippen LogP contribution in [0.3, 0.4) is 0 Å². The number of H-pyrrole nitrogens is 1. The van der Waals surface area contributed by atoms with Crippen molar-refractivity contribution in [3.63, 3.8) is 0 Å². The maximum Gasteiger partial charge on any atom is 0.128 e. The number of rotatable bonds is 3. The van der Waals surface area contributed by atoms with Gasteiger partial charge >= 0.3 is 0 Å². The van der Waals surface area contributed by atoms with Gasteiger partial charge in [-0.2, -0.15) is 0 Å². The molecule has 0 aliphatic carbocycles. The van der Waals surface area contributed by atoms with Crippen LogP contribution < -0.4 is 4.74 Å². The van der Waals surface area contributed by atoms with Gasteiger partial charge in [-0.15, -0.1) is 0 Å². The van der Waals surface area contributed by atoms with E-state index >= 15 is 0 Å². The van der Waals surface area contributed by atoms with Gasteiger partial charge in [0.25, 0.3) is 0 Å². The number of aromatic amines is 1. The summed E-state index contributed by atoms with van der Waals surface area (Å²) in [7, 11) is 0. The Morgan fingerprint density at radius 2 is 1.84 bits per heavy atom. The number of nitrogens with one attached hydrogen (secondary N) is 1. The van der Waals surface area contributed by atoms with Crippen molar-refractivity contribution < 1.29 is 9.84 Å². The summed E-state index contributed by atoms with van der Waals surface area (Å²) >= 11 is 0. The maximum atomic E-state index is 9.20. The van der Waals surface area contributed by atoms with Crippen LogP contribution in [-0.4, -0.2) is 10.1 Å². The molecule has 3 rings (SSSR count). The second kappa shape index (κ2) is 4.69. The average Bonchev–Trinajstić information content (AvgIpc) is 2.80. The van der Waals surface area contributed by atoms with Crippen LogP contribution in [0.25, 0.3) is 10.9 Å². The molecule has 19 heavy (non-hydrogen) atoms. The van der Waals surface area contributed by atoms with Gasteiger partial charge in [0.2, 0.25) is 0 Å². The van der Waals surface area contributed by atoms with Crippen molar-refractivity contribution in [2.24, 2.45) is 0 Å². The maximum absolute atomic E-state index is 9.20. The fourth-order valence-electron chi connectivity index (χ4n) is 2.08. The highest BCUT2D eigenvalue weighted by Gasteiger charge is 2.02. The number of aromatic hydroxyl groups is 1. The molecule has 1 heterocycles. The highest BCUT2D eigenvalue weighted by molar-refractivity contribution is 5.80. The van der Waals surface area contributed by atoms with Gasteiger partial charge in [0, 0.05) is 5.52 Å². The fourth-order valence-corrected chi connectivity index (χ4v) is 2.08. The monoisotopic (exact) mass is 253 g/mol. The zero-order chi connectivity index (χ0) is 13.2. The Balaban J connectivity index is 1.76. The molecule has 0 unspecified atom stereocenters. The minimum absolute atomic E-state index is 0.244. The van der Waals surface area contributed by atoms with E-state index < -0.39 is 0 Å².